The normalized spacial score (nSPS) is 12.9. The van der Waals surface area contributed by atoms with Gasteiger partial charge in [0.2, 0.25) is 0 Å². The molecule has 0 amide bonds. The van der Waals surface area contributed by atoms with E-state index >= 15 is 0 Å². The van der Waals surface area contributed by atoms with Gasteiger partial charge < -0.3 is 14.6 Å². The smallest absolute Gasteiger partial charge is 0.0462 e. The molecule has 0 bridgehead atoms. The molecule has 0 aliphatic carbocycles. The third kappa shape index (κ3) is 4.37. The van der Waals surface area contributed by atoms with Crippen LogP contribution in [-0.4, -0.2) is 24.8 Å². The van der Waals surface area contributed by atoms with Gasteiger partial charge in [-0.15, -0.1) is 0 Å². The lowest BCUT2D eigenvalue weighted by Gasteiger charge is -2.09. The fourth-order valence-electron chi connectivity index (χ4n) is 1.82. The summed E-state index contributed by atoms with van der Waals surface area (Å²) in [5, 5.41) is 3.42. The lowest BCUT2D eigenvalue weighted by molar-refractivity contribution is 0.191. The number of aromatic nitrogens is 1. The van der Waals surface area contributed by atoms with E-state index in [1.165, 1.54) is 12.0 Å². The first-order chi connectivity index (χ1) is 7.77. The molecule has 16 heavy (non-hydrogen) atoms. The minimum absolute atomic E-state index is 0.449. The molecule has 0 aliphatic heterocycles. The minimum atomic E-state index is 0.449. The maximum atomic E-state index is 5.04. The lowest BCUT2D eigenvalue weighted by atomic mass is 10.2. The summed E-state index contributed by atoms with van der Waals surface area (Å²) >= 11 is 0. The van der Waals surface area contributed by atoms with Crippen molar-refractivity contribution >= 4 is 0 Å². The van der Waals surface area contributed by atoms with Crippen molar-refractivity contribution in [2.75, 3.05) is 20.3 Å². The number of nitrogens with zero attached hydrogens (tertiary/aromatic N) is 1. The maximum absolute atomic E-state index is 5.04. The quantitative estimate of drug-likeness (QED) is 0.687. The molecule has 1 rings (SSSR count). The lowest BCUT2D eigenvalue weighted by Crippen LogP contribution is -2.17. The number of methoxy groups -OCH3 is 1. The summed E-state index contributed by atoms with van der Waals surface area (Å²) in [6, 6.07) is 2.65. The van der Waals surface area contributed by atoms with Gasteiger partial charge in [0.15, 0.2) is 0 Å². The van der Waals surface area contributed by atoms with Gasteiger partial charge in [0.05, 0.1) is 0 Å². The Morgan fingerprint density at radius 2 is 2.25 bits per heavy atom. The SMILES string of the molecule is CCNC(C)c1ccn(CCCCOC)c1. The van der Waals surface area contributed by atoms with E-state index in [0.717, 1.165) is 26.1 Å². The van der Waals surface area contributed by atoms with Crippen LogP contribution in [-0.2, 0) is 11.3 Å². The van der Waals surface area contributed by atoms with Crippen molar-refractivity contribution in [2.24, 2.45) is 0 Å². The van der Waals surface area contributed by atoms with Crippen molar-refractivity contribution in [3.05, 3.63) is 24.0 Å². The Labute approximate surface area is 98.8 Å². The number of hydrogen-bond acceptors (Lipinski definition) is 2. The monoisotopic (exact) mass is 224 g/mol. The average molecular weight is 224 g/mol. The second kappa shape index (κ2) is 7.47. The van der Waals surface area contributed by atoms with Crippen LogP contribution in [0.5, 0.6) is 0 Å². The number of nitrogens with one attached hydrogen (secondary N) is 1. The molecular weight excluding hydrogens is 200 g/mol. The predicted molar refractivity (Wildman–Crippen MR) is 67.6 cm³/mol. The van der Waals surface area contributed by atoms with Gasteiger partial charge in [-0.25, -0.2) is 0 Å². The molecule has 3 heteroatoms. The van der Waals surface area contributed by atoms with Crippen LogP contribution in [0, 0.1) is 0 Å². The van der Waals surface area contributed by atoms with Gasteiger partial charge in [0.25, 0.3) is 0 Å². The Morgan fingerprint density at radius 3 is 2.94 bits per heavy atom. The van der Waals surface area contributed by atoms with Crippen molar-refractivity contribution in [1.82, 2.24) is 9.88 Å². The highest BCUT2D eigenvalue weighted by molar-refractivity contribution is 5.14. The van der Waals surface area contributed by atoms with E-state index in [1.54, 1.807) is 7.11 Å². The van der Waals surface area contributed by atoms with Gasteiger partial charge in [-0.3, -0.25) is 0 Å². The zero-order valence-corrected chi connectivity index (χ0v) is 10.7. The van der Waals surface area contributed by atoms with Crippen LogP contribution in [0.2, 0.25) is 0 Å². The van der Waals surface area contributed by atoms with E-state index in [0.29, 0.717) is 6.04 Å². The van der Waals surface area contributed by atoms with Crippen LogP contribution in [0.1, 0.15) is 38.3 Å². The minimum Gasteiger partial charge on any atom is -0.385 e. The van der Waals surface area contributed by atoms with E-state index in [4.69, 9.17) is 4.74 Å². The fourth-order valence-corrected chi connectivity index (χ4v) is 1.82. The largest absolute Gasteiger partial charge is 0.385 e. The van der Waals surface area contributed by atoms with Crippen molar-refractivity contribution in [3.63, 3.8) is 0 Å². The number of unbranched alkanes of at least 4 members (excludes halogenated alkanes) is 1. The van der Waals surface area contributed by atoms with Gasteiger partial charge >= 0.3 is 0 Å². The van der Waals surface area contributed by atoms with Crippen LogP contribution in [0.25, 0.3) is 0 Å². The molecule has 1 aromatic rings. The highest BCUT2D eigenvalue weighted by Gasteiger charge is 2.04. The summed E-state index contributed by atoms with van der Waals surface area (Å²) in [7, 11) is 1.76. The first kappa shape index (κ1) is 13.3. The van der Waals surface area contributed by atoms with Gasteiger partial charge in [0, 0.05) is 38.7 Å². The molecular formula is C13H24N2O. The number of ether oxygens (including phenoxy) is 1. The first-order valence-electron chi connectivity index (χ1n) is 6.16. The molecule has 1 N–H and O–H groups in total. The average Bonchev–Trinajstić information content (AvgIpc) is 2.73. The molecule has 0 spiro atoms. The molecule has 92 valence electrons. The fraction of sp³-hybridized carbons (Fsp3) is 0.692. The summed E-state index contributed by atoms with van der Waals surface area (Å²) in [5.41, 5.74) is 1.37. The molecule has 1 heterocycles. The van der Waals surface area contributed by atoms with Crippen LogP contribution in [0.3, 0.4) is 0 Å². The maximum Gasteiger partial charge on any atom is 0.0462 e. The molecule has 1 aromatic heterocycles. The van der Waals surface area contributed by atoms with Crippen LogP contribution < -0.4 is 5.32 Å². The molecule has 1 atom stereocenters. The number of rotatable bonds is 8. The van der Waals surface area contributed by atoms with E-state index < -0.39 is 0 Å². The molecule has 1 unspecified atom stereocenters. The van der Waals surface area contributed by atoms with E-state index in [-0.39, 0.29) is 0 Å². The van der Waals surface area contributed by atoms with Crippen molar-refractivity contribution in [1.29, 1.82) is 0 Å². The topological polar surface area (TPSA) is 26.2 Å². The van der Waals surface area contributed by atoms with Crippen molar-refractivity contribution < 1.29 is 4.74 Å². The Hall–Kier alpha value is -0.800. The molecule has 0 aliphatic rings. The zero-order valence-electron chi connectivity index (χ0n) is 10.7. The first-order valence-corrected chi connectivity index (χ1v) is 6.16. The second-order valence-electron chi connectivity index (χ2n) is 4.16. The Balaban J connectivity index is 2.33. The molecule has 0 radical (unpaired) electrons. The molecule has 0 saturated carbocycles. The van der Waals surface area contributed by atoms with Gasteiger partial charge in [-0.2, -0.15) is 0 Å². The third-order valence-corrected chi connectivity index (χ3v) is 2.80. The van der Waals surface area contributed by atoms with Crippen LogP contribution >= 0.6 is 0 Å². The van der Waals surface area contributed by atoms with E-state index in [2.05, 4.69) is 42.2 Å². The Bertz CT molecular complexity index is 283. The predicted octanol–water partition coefficient (Wildman–Crippen LogP) is 2.59. The number of hydrogen-bond donors (Lipinski definition) is 1. The molecule has 0 fully saturated rings. The zero-order chi connectivity index (χ0) is 11.8. The Kier molecular flexibility index (Phi) is 6.19. The van der Waals surface area contributed by atoms with Crippen LogP contribution in [0.4, 0.5) is 0 Å². The highest BCUT2D eigenvalue weighted by Crippen LogP contribution is 2.12. The van der Waals surface area contributed by atoms with Gasteiger partial charge in [0.1, 0.15) is 0 Å². The van der Waals surface area contributed by atoms with Crippen LogP contribution in [0.15, 0.2) is 18.5 Å². The number of aryl methyl sites for hydroxylation is 1. The molecule has 0 saturated heterocycles. The van der Waals surface area contributed by atoms with Gasteiger partial charge in [-0.05, 0) is 37.9 Å². The Morgan fingerprint density at radius 1 is 1.44 bits per heavy atom. The van der Waals surface area contributed by atoms with E-state index in [1.807, 2.05) is 0 Å². The van der Waals surface area contributed by atoms with Crippen molar-refractivity contribution in [3.8, 4) is 0 Å². The van der Waals surface area contributed by atoms with E-state index in [9.17, 15) is 0 Å². The summed E-state index contributed by atoms with van der Waals surface area (Å²) in [6.45, 7) is 7.30. The van der Waals surface area contributed by atoms with Gasteiger partial charge in [-0.1, -0.05) is 6.92 Å². The van der Waals surface area contributed by atoms with Crippen molar-refractivity contribution in [2.45, 2.75) is 39.3 Å². The summed E-state index contributed by atoms with van der Waals surface area (Å²) in [4.78, 5) is 0. The summed E-state index contributed by atoms with van der Waals surface area (Å²) < 4.78 is 7.30. The second-order valence-corrected chi connectivity index (χ2v) is 4.16. The third-order valence-electron chi connectivity index (χ3n) is 2.80. The molecule has 0 aromatic carbocycles. The highest BCUT2D eigenvalue weighted by atomic mass is 16.5. The summed E-state index contributed by atoms with van der Waals surface area (Å²) in [6.07, 6.45) is 6.71. The molecule has 3 nitrogen and oxygen atoms in total. The summed E-state index contributed by atoms with van der Waals surface area (Å²) in [5.74, 6) is 0. The standard InChI is InChI=1S/C13H24N2O/c1-4-14-12(2)13-7-9-15(11-13)8-5-6-10-16-3/h7,9,11-12,14H,4-6,8,10H2,1-3H3.